The molecule has 12 heteroatoms. The number of rotatable bonds is 8. The van der Waals surface area contributed by atoms with E-state index in [4.69, 9.17) is 7.26 Å². The van der Waals surface area contributed by atoms with Crippen molar-refractivity contribution in [3.8, 4) is 11.1 Å². The summed E-state index contributed by atoms with van der Waals surface area (Å²) in [6.45, 7) is -0.167. The van der Waals surface area contributed by atoms with Gasteiger partial charge in [-0.2, -0.15) is 13.2 Å². The first-order valence-electron chi connectivity index (χ1n) is 12.3. The number of aromatic nitrogens is 5. The first kappa shape index (κ1) is 22.1. The van der Waals surface area contributed by atoms with Gasteiger partial charge in [-0.1, -0.05) is 17.3 Å². The fraction of sp³-hybridized carbons (Fsp3) is 0.320. The van der Waals surface area contributed by atoms with Crippen molar-refractivity contribution in [1.29, 1.82) is 0 Å². The van der Waals surface area contributed by atoms with Gasteiger partial charge in [0.05, 0.1) is 24.9 Å². The Hall–Kier alpha value is -4.09. The summed E-state index contributed by atoms with van der Waals surface area (Å²) in [6, 6.07) is 5.32. The first-order chi connectivity index (χ1) is 18.3. The molecule has 1 aliphatic rings. The molecule has 0 atom stereocenters. The van der Waals surface area contributed by atoms with Crippen molar-refractivity contribution >= 4 is 11.7 Å². The molecule has 192 valence electrons. The molecule has 1 saturated carbocycles. The van der Waals surface area contributed by atoms with Gasteiger partial charge < -0.3 is 14.4 Å². The van der Waals surface area contributed by atoms with E-state index in [9.17, 15) is 22.4 Å². The molecule has 0 aliphatic heterocycles. The highest BCUT2D eigenvalue weighted by Gasteiger charge is 2.66. The van der Waals surface area contributed by atoms with Gasteiger partial charge in [-0.15, -0.1) is 0 Å². The number of imidazole rings is 1. The number of alkyl halides is 3. The molecule has 0 radical (unpaired) electrons. The molecule has 1 amide bonds. The van der Waals surface area contributed by atoms with Crippen LogP contribution in [0, 0.1) is 5.82 Å². The Morgan fingerprint density at radius 3 is 2.57 bits per heavy atom. The predicted molar refractivity (Wildman–Crippen MR) is 124 cm³/mol. The molecule has 1 fully saturated rings. The van der Waals surface area contributed by atoms with Crippen molar-refractivity contribution in [3.05, 3.63) is 77.8 Å². The van der Waals surface area contributed by atoms with Crippen LogP contribution in [0.15, 0.2) is 53.7 Å². The average Bonchev–Trinajstić information content (AvgIpc) is 3.33. The summed E-state index contributed by atoms with van der Waals surface area (Å²) < 4.78 is 76.1. The second-order valence-electron chi connectivity index (χ2n) is 8.75. The van der Waals surface area contributed by atoms with E-state index < -0.39 is 29.8 Å². The summed E-state index contributed by atoms with van der Waals surface area (Å²) in [7, 11) is 0. The molecule has 3 aromatic heterocycles. The Morgan fingerprint density at radius 1 is 1.19 bits per heavy atom. The monoisotopic (exact) mass is 516 g/mol. The number of benzene rings is 1. The highest BCUT2D eigenvalue weighted by molar-refractivity contribution is 5.91. The topological polar surface area (TPSA) is 98.7 Å². The van der Waals surface area contributed by atoms with E-state index in [0.717, 1.165) is 6.07 Å². The van der Waals surface area contributed by atoms with Crippen molar-refractivity contribution in [2.45, 2.75) is 50.7 Å². The minimum Gasteiger partial charge on any atom is -0.358 e. The number of carbonyl (C=O) groups excluding carboxylic acids is 1. The van der Waals surface area contributed by atoms with Crippen LogP contribution in [-0.2, 0) is 29.5 Å². The normalized spacial score (nSPS) is 15.7. The number of halogens is 4. The molecule has 8 nitrogen and oxygen atoms in total. The van der Waals surface area contributed by atoms with E-state index in [2.05, 4.69) is 25.4 Å². The molecule has 0 saturated heterocycles. The quantitative estimate of drug-likeness (QED) is 0.336. The molecular weight excluding hydrogens is 492 g/mol. The second-order valence-corrected chi connectivity index (χ2v) is 8.75. The molecule has 5 rings (SSSR count). The Kier molecular flexibility index (Phi) is 5.63. The van der Waals surface area contributed by atoms with Crippen LogP contribution in [0.2, 0.25) is 0 Å². The van der Waals surface area contributed by atoms with E-state index in [1.54, 1.807) is 12.3 Å². The van der Waals surface area contributed by atoms with Gasteiger partial charge in [-0.05, 0) is 37.0 Å². The maximum atomic E-state index is 14.8. The van der Waals surface area contributed by atoms with Gasteiger partial charge in [0.1, 0.15) is 17.1 Å². The summed E-state index contributed by atoms with van der Waals surface area (Å²) in [6.07, 6.45) is 1.27. The Morgan fingerprint density at radius 2 is 1.95 bits per heavy atom. The fourth-order valence-corrected chi connectivity index (χ4v) is 3.92. The SMILES string of the molecule is [2H]C([2H])(C)n1cnc(Cc2ncc(-c3ccc(CC(=O)Nc4cc(C5(C(F)(F)F)CC5)on4)c(F)c3)cn2)c1. The lowest BCUT2D eigenvalue weighted by atomic mass is 10.0. The Labute approximate surface area is 211 Å². The fourth-order valence-electron chi connectivity index (χ4n) is 3.92. The summed E-state index contributed by atoms with van der Waals surface area (Å²) in [5.41, 5.74) is -0.357. The highest BCUT2D eigenvalue weighted by Crippen LogP contribution is 2.59. The Balaban J connectivity index is 1.20. The maximum Gasteiger partial charge on any atom is 0.401 e. The molecule has 0 unspecified atom stereocenters. The highest BCUT2D eigenvalue weighted by atomic mass is 19.4. The summed E-state index contributed by atoms with van der Waals surface area (Å²) in [4.78, 5) is 25.1. The van der Waals surface area contributed by atoms with Crippen LogP contribution < -0.4 is 5.32 Å². The molecule has 1 aromatic carbocycles. The van der Waals surface area contributed by atoms with E-state index in [1.165, 1.54) is 42.3 Å². The van der Waals surface area contributed by atoms with E-state index >= 15 is 0 Å². The van der Waals surface area contributed by atoms with Crippen LogP contribution in [0.25, 0.3) is 11.1 Å². The van der Waals surface area contributed by atoms with Crippen LogP contribution in [0.1, 0.15) is 45.3 Å². The Bertz CT molecular complexity index is 1510. The molecule has 3 heterocycles. The summed E-state index contributed by atoms with van der Waals surface area (Å²) in [5.74, 6) is -1.38. The zero-order chi connectivity index (χ0) is 28.0. The van der Waals surface area contributed by atoms with Crippen LogP contribution in [-0.4, -0.2) is 36.8 Å². The van der Waals surface area contributed by atoms with Crippen LogP contribution in [0.5, 0.6) is 0 Å². The van der Waals surface area contributed by atoms with Crippen molar-refractivity contribution < 1.29 is 29.6 Å². The molecule has 0 spiro atoms. The third kappa shape index (κ3) is 5.09. The third-order valence-corrected chi connectivity index (χ3v) is 6.22. The van der Waals surface area contributed by atoms with Gasteiger partial charge in [0.25, 0.3) is 0 Å². The number of nitrogens with one attached hydrogen (secondary N) is 1. The summed E-state index contributed by atoms with van der Waals surface area (Å²) >= 11 is 0. The van der Waals surface area contributed by atoms with Gasteiger partial charge in [-0.3, -0.25) is 4.79 Å². The van der Waals surface area contributed by atoms with Gasteiger partial charge in [0.2, 0.25) is 5.91 Å². The number of hydrogen-bond donors (Lipinski definition) is 1. The molecule has 4 aromatic rings. The number of amides is 1. The third-order valence-electron chi connectivity index (χ3n) is 6.22. The lowest BCUT2D eigenvalue weighted by molar-refractivity contribution is -0.165. The summed E-state index contributed by atoms with van der Waals surface area (Å²) in [5, 5.41) is 5.85. The van der Waals surface area contributed by atoms with Crippen LogP contribution in [0.3, 0.4) is 0 Å². The maximum absolute atomic E-state index is 14.8. The molecular formula is C25H22F4N6O2. The van der Waals surface area contributed by atoms with Crippen molar-refractivity contribution in [2.75, 3.05) is 5.32 Å². The average molecular weight is 516 g/mol. The van der Waals surface area contributed by atoms with Gasteiger partial charge in [0, 0.05) is 39.5 Å². The van der Waals surface area contributed by atoms with Crippen molar-refractivity contribution in [1.82, 2.24) is 24.7 Å². The molecule has 37 heavy (non-hydrogen) atoms. The van der Waals surface area contributed by atoms with Gasteiger partial charge >= 0.3 is 6.18 Å². The molecule has 1 aliphatic carbocycles. The zero-order valence-corrected chi connectivity index (χ0v) is 19.5. The van der Waals surface area contributed by atoms with Crippen LogP contribution in [0.4, 0.5) is 23.4 Å². The standard InChI is InChI=1S/C25H22F4N6O2/c1-2-35-13-18(32-14-35)9-21-30-11-17(12-31-21)15-3-4-16(19(26)7-15)8-23(36)33-22-10-20(37-34-22)24(5-6-24)25(27,28)29/h3-4,7,10-14H,2,5-6,8-9H2,1H3,(H,33,34,36)/i2D2. The lowest BCUT2D eigenvalue weighted by Crippen LogP contribution is -2.28. The van der Waals surface area contributed by atoms with Gasteiger partial charge in [-0.25, -0.2) is 19.3 Å². The lowest BCUT2D eigenvalue weighted by Gasteiger charge is -2.14. The number of aryl methyl sites for hydroxylation is 1. The second kappa shape index (κ2) is 9.41. The number of anilines is 1. The van der Waals surface area contributed by atoms with E-state index in [0.29, 0.717) is 22.6 Å². The predicted octanol–water partition coefficient (Wildman–Crippen LogP) is 4.85. The van der Waals surface area contributed by atoms with Crippen LogP contribution >= 0.6 is 0 Å². The number of carbonyl (C=O) groups is 1. The largest absolute Gasteiger partial charge is 0.401 e. The zero-order valence-electron chi connectivity index (χ0n) is 21.5. The molecule has 1 N–H and O–H groups in total. The smallest absolute Gasteiger partial charge is 0.358 e. The minimum absolute atomic E-state index is 0.0813. The van der Waals surface area contributed by atoms with Crippen molar-refractivity contribution in [2.24, 2.45) is 0 Å². The molecule has 0 bridgehead atoms. The van der Waals surface area contributed by atoms with Crippen molar-refractivity contribution in [3.63, 3.8) is 0 Å². The first-order valence-corrected chi connectivity index (χ1v) is 11.3. The van der Waals surface area contributed by atoms with E-state index in [-0.39, 0.29) is 42.8 Å². The van der Waals surface area contributed by atoms with E-state index in [1.807, 2.05) is 0 Å². The number of hydrogen-bond acceptors (Lipinski definition) is 6. The minimum atomic E-state index is -4.47. The number of nitrogens with zero attached hydrogens (tertiary/aromatic N) is 5. The van der Waals surface area contributed by atoms with Gasteiger partial charge in [0.15, 0.2) is 11.6 Å².